The maximum Gasteiger partial charge on any atom is 0.252 e. The van der Waals surface area contributed by atoms with Gasteiger partial charge in [-0.05, 0) is 31.5 Å². The average Bonchev–Trinajstić information content (AvgIpc) is 2.50. The van der Waals surface area contributed by atoms with Crippen LogP contribution in [0.5, 0.6) is 5.75 Å². The predicted octanol–water partition coefficient (Wildman–Crippen LogP) is 3.58. The van der Waals surface area contributed by atoms with Gasteiger partial charge in [0, 0.05) is 17.0 Å². The van der Waals surface area contributed by atoms with Crippen molar-refractivity contribution >= 4 is 17.5 Å². The molecule has 0 heterocycles. The molecule has 0 bridgehead atoms. The standard InChI is InChI=1S/C17H18ClNO2/c1-12-14(9-6-10-15(12)20)16(21)19-17(2,11-18)13-7-4-3-5-8-13/h3-10,20H,11H2,1-2H3,(H,19,21). The summed E-state index contributed by atoms with van der Waals surface area (Å²) >= 11 is 6.08. The highest BCUT2D eigenvalue weighted by Crippen LogP contribution is 2.25. The van der Waals surface area contributed by atoms with Gasteiger partial charge < -0.3 is 10.4 Å². The van der Waals surface area contributed by atoms with Crippen molar-refractivity contribution in [3.63, 3.8) is 0 Å². The van der Waals surface area contributed by atoms with Crippen LogP contribution in [0.1, 0.15) is 28.4 Å². The molecule has 1 amide bonds. The van der Waals surface area contributed by atoms with E-state index in [9.17, 15) is 9.90 Å². The second-order valence-electron chi connectivity index (χ2n) is 5.24. The minimum absolute atomic E-state index is 0.106. The van der Waals surface area contributed by atoms with Gasteiger partial charge in [0.1, 0.15) is 5.75 Å². The van der Waals surface area contributed by atoms with Gasteiger partial charge in [-0.15, -0.1) is 11.6 Å². The summed E-state index contributed by atoms with van der Waals surface area (Å²) in [6.07, 6.45) is 0. The smallest absolute Gasteiger partial charge is 0.252 e. The molecule has 0 aliphatic carbocycles. The largest absolute Gasteiger partial charge is 0.508 e. The second kappa shape index (κ2) is 6.19. The summed E-state index contributed by atoms with van der Waals surface area (Å²) in [5.41, 5.74) is 1.27. The Labute approximate surface area is 129 Å². The van der Waals surface area contributed by atoms with E-state index in [1.165, 1.54) is 0 Å². The molecule has 0 saturated carbocycles. The van der Waals surface area contributed by atoms with Gasteiger partial charge in [0.05, 0.1) is 5.54 Å². The summed E-state index contributed by atoms with van der Waals surface area (Å²) < 4.78 is 0. The Kier molecular flexibility index (Phi) is 4.53. The van der Waals surface area contributed by atoms with E-state index in [1.54, 1.807) is 25.1 Å². The molecule has 2 aromatic rings. The first-order chi connectivity index (χ1) is 9.98. The fraction of sp³-hybridized carbons (Fsp3) is 0.235. The van der Waals surface area contributed by atoms with Crippen LogP contribution in [-0.4, -0.2) is 16.9 Å². The van der Waals surface area contributed by atoms with Gasteiger partial charge in [0.2, 0.25) is 0 Å². The van der Waals surface area contributed by atoms with Gasteiger partial charge in [0.25, 0.3) is 5.91 Å². The summed E-state index contributed by atoms with van der Waals surface area (Å²) in [6, 6.07) is 14.5. The highest BCUT2D eigenvalue weighted by molar-refractivity contribution is 6.19. The van der Waals surface area contributed by atoms with Crippen LogP contribution in [0, 0.1) is 6.92 Å². The topological polar surface area (TPSA) is 49.3 Å². The molecule has 0 aromatic heterocycles. The van der Waals surface area contributed by atoms with Gasteiger partial charge in [-0.25, -0.2) is 0 Å². The molecule has 0 saturated heterocycles. The lowest BCUT2D eigenvalue weighted by Gasteiger charge is -2.29. The normalized spacial score (nSPS) is 13.5. The number of aromatic hydroxyl groups is 1. The average molecular weight is 304 g/mol. The Balaban J connectivity index is 2.30. The number of benzene rings is 2. The van der Waals surface area contributed by atoms with E-state index in [1.807, 2.05) is 37.3 Å². The third-order valence-electron chi connectivity index (χ3n) is 3.62. The zero-order chi connectivity index (χ0) is 15.5. The number of carbonyl (C=O) groups excluding carboxylic acids is 1. The number of hydrogen-bond acceptors (Lipinski definition) is 2. The zero-order valence-electron chi connectivity index (χ0n) is 12.1. The Bertz CT molecular complexity index is 642. The van der Waals surface area contributed by atoms with Gasteiger partial charge in [0.15, 0.2) is 0 Å². The van der Waals surface area contributed by atoms with Crippen LogP contribution in [0.4, 0.5) is 0 Å². The molecule has 1 atom stereocenters. The third kappa shape index (κ3) is 3.19. The van der Waals surface area contributed by atoms with E-state index in [2.05, 4.69) is 5.32 Å². The Morgan fingerprint density at radius 2 is 1.86 bits per heavy atom. The number of phenolic OH excluding ortho intramolecular Hbond substituents is 1. The Hall–Kier alpha value is -2.00. The molecule has 21 heavy (non-hydrogen) atoms. The first-order valence-corrected chi connectivity index (χ1v) is 7.24. The summed E-state index contributed by atoms with van der Waals surface area (Å²) in [6.45, 7) is 3.59. The lowest BCUT2D eigenvalue weighted by molar-refractivity contribution is 0.0912. The highest BCUT2D eigenvalue weighted by atomic mass is 35.5. The molecule has 0 fully saturated rings. The van der Waals surface area contributed by atoms with Gasteiger partial charge in [-0.1, -0.05) is 36.4 Å². The molecule has 0 radical (unpaired) electrons. The number of halogens is 1. The van der Waals surface area contributed by atoms with Crippen molar-refractivity contribution < 1.29 is 9.90 Å². The van der Waals surface area contributed by atoms with Crippen LogP contribution in [0.15, 0.2) is 48.5 Å². The fourth-order valence-electron chi connectivity index (χ4n) is 2.18. The lowest BCUT2D eigenvalue weighted by Crippen LogP contribution is -2.45. The molecular weight excluding hydrogens is 286 g/mol. The number of rotatable bonds is 4. The van der Waals surface area contributed by atoms with Crippen molar-refractivity contribution in [2.45, 2.75) is 19.4 Å². The first kappa shape index (κ1) is 15.4. The molecule has 2 aromatic carbocycles. The SMILES string of the molecule is Cc1c(O)cccc1C(=O)NC(C)(CCl)c1ccccc1. The second-order valence-corrected chi connectivity index (χ2v) is 5.50. The molecule has 1 unspecified atom stereocenters. The highest BCUT2D eigenvalue weighted by Gasteiger charge is 2.28. The first-order valence-electron chi connectivity index (χ1n) is 6.70. The van der Waals surface area contributed by atoms with Crippen molar-refractivity contribution in [1.29, 1.82) is 0 Å². The number of nitrogens with one attached hydrogen (secondary N) is 1. The summed E-state index contributed by atoms with van der Waals surface area (Å²) in [7, 11) is 0. The van der Waals surface area contributed by atoms with E-state index in [-0.39, 0.29) is 17.5 Å². The van der Waals surface area contributed by atoms with E-state index in [0.717, 1.165) is 5.56 Å². The summed E-state index contributed by atoms with van der Waals surface area (Å²) in [5, 5.41) is 12.7. The van der Waals surface area contributed by atoms with Crippen LogP contribution in [0.3, 0.4) is 0 Å². The Morgan fingerprint density at radius 3 is 2.48 bits per heavy atom. The van der Waals surface area contributed by atoms with Crippen molar-refractivity contribution in [3.8, 4) is 5.75 Å². The number of hydrogen-bond donors (Lipinski definition) is 2. The molecule has 3 nitrogen and oxygen atoms in total. The van der Waals surface area contributed by atoms with E-state index >= 15 is 0 Å². The van der Waals surface area contributed by atoms with E-state index in [0.29, 0.717) is 11.1 Å². The van der Waals surface area contributed by atoms with Crippen LogP contribution in [0.2, 0.25) is 0 Å². The van der Waals surface area contributed by atoms with Gasteiger partial charge in [-0.3, -0.25) is 4.79 Å². The molecule has 0 aliphatic heterocycles. The molecule has 110 valence electrons. The predicted molar refractivity (Wildman–Crippen MR) is 84.8 cm³/mol. The van der Waals surface area contributed by atoms with Crippen molar-refractivity contribution in [2.24, 2.45) is 0 Å². The molecule has 0 aliphatic rings. The van der Waals surface area contributed by atoms with Crippen molar-refractivity contribution in [2.75, 3.05) is 5.88 Å². The van der Waals surface area contributed by atoms with E-state index < -0.39 is 5.54 Å². The van der Waals surface area contributed by atoms with Crippen molar-refractivity contribution in [3.05, 3.63) is 65.2 Å². The molecule has 4 heteroatoms. The van der Waals surface area contributed by atoms with E-state index in [4.69, 9.17) is 11.6 Å². The number of phenols is 1. The number of amides is 1. The van der Waals surface area contributed by atoms with Gasteiger partial charge in [-0.2, -0.15) is 0 Å². The zero-order valence-corrected chi connectivity index (χ0v) is 12.8. The molecule has 0 spiro atoms. The lowest BCUT2D eigenvalue weighted by atomic mass is 9.93. The maximum absolute atomic E-state index is 12.5. The van der Waals surface area contributed by atoms with Crippen LogP contribution >= 0.6 is 11.6 Å². The minimum atomic E-state index is -0.669. The molecular formula is C17H18ClNO2. The summed E-state index contributed by atoms with van der Waals surface area (Å²) in [5.74, 6) is 0.103. The summed E-state index contributed by atoms with van der Waals surface area (Å²) in [4.78, 5) is 12.5. The molecule has 2 N–H and O–H groups in total. The van der Waals surface area contributed by atoms with Crippen LogP contribution in [0.25, 0.3) is 0 Å². The van der Waals surface area contributed by atoms with Crippen LogP contribution in [-0.2, 0) is 5.54 Å². The fourth-order valence-corrected chi connectivity index (χ4v) is 2.40. The van der Waals surface area contributed by atoms with Crippen molar-refractivity contribution in [1.82, 2.24) is 5.32 Å². The number of alkyl halides is 1. The van der Waals surface area contributed by atoms with Crippen LogP contribution < -0.4 is 5.32 Å². The number of carbonyl (C=O) groups is 1. The minimum Gasteiger partial charge on any atom is -0.508 e. The monoisotopic (exact) mass is 303 g/mol. The quantitative estimate of drug-likeness (QED) is 0.848. The molecule has 2 rings (SSSR count). The van der Waals surface area contributed by atoms with Gasteiger partial charge >= 0.3 is 0 Å². The maximum atomic E-state index is 12.5. The Morgan fingerprint density at radius 1 is 1.19 bits per heavy atom. The third-order valence-corrected chi connectivity index (χ3v) is 4.15.